The standard InChI is InChI=1S/C17H22N4O4/c1-9-8-20(16(22)14-10(2)18-24-12(14)4)6-7-21(9)17(23)15-11(3)19-25-13(15)5/h9H,6-8H2,1-5H3/t9-/m0/s1. The van der Waals surface area contributed by atoms with E-state index < -0.39 is 0 Å². The number of aromatic nitrogens is 2. The van der Waals surface area contributed by atoms with Crippen LogP contribution < -0.4 is 0 Å². The van der Waals surface area contributed by atoms with Gasteiger partial charge in [0, 0.05) is 25.7 Å². The van der Waals surface area contributed by atoms with Crippen LogP contribution in [0.3, 0.4) is 0 Å². The van der Waals surface area contributed by atoms with E-state index >= 15 is 0 Å². The van der Waals surface area contributed by atoms with Crippen molar-refractivity contribution in [1.82, 2.24) is 20.1 Å². The first-order valence-electron chi connectivity index (χ1n) is 8.27. The van der Waals surface area contributed by atoms with Crippen LogP contribution >= 0.6 is 0 Å². The molecule has 1 aliphatic rings. The van der Waals surface area contributed by atoms with Gasteiger partial charge in [0.25, 0.3) is 11.8 Å². The zero-order valence-corrected chi connectivity index (χ0v) is 15.1. The SMILES string of the molecule is Cc1noc(C)c1C(=O)N1CCN(C(=O)c2c(C)noc2C)[C@@H](C)C1. The van der Waals surface area contributed by atoms with E-state index in [1.165, 1.54) is 0 Å². The first-order chi connectivity index (χ1) is 11.8. The van der Waals surface area contributed by atoms with Crippen LogP contribution in [0, 0.1) is 27.7 Å². The van der Waals surface area contributed by atoms with Gasteiger partial charge in [0.1, 0.15) is 22.6 Å². The van der Waals surface area contributed by atoms with Gasteiger partial charge in [-0.05, 0) is 34.6 Å². The predicted octanol–water partition coefficient (Wildman–Crippen LogP) is 1.88. The van der Waals surface area contributed by atoms with Crippen molar-refractivity contribution < 1.29 is 18.6 Å². The fraction of sp³-hybridized carbons (Fsp3) is 0.529. The first-order valence-corrected chi connectivity index (χ1v) is 8.27. The molecule has 3 rings (SSSR count). The molecule has 25 heavy (non-hydrogen) atoms. The van der Waals surface area contributed by atoms with Crippen LogP contribution in [0.5, 0.6) is 0 Å². The third-order valence-corrected chi connectivity index (χ3v) is 4.67. The lowest BCUT2D eigenvalue weighted by Crippen LogP contribution is -2.55. The van der Waals surface area contributed by atoms with Crippen molar-refractivity contribution >= 4 is 11.8 Å². The van der Waals surface area contributed by atoms with Crippen LogP contribution in [0.2, 0.25) is 0 Å². The summed E-state index contributed by atoms with van der Waals surface area (Å²) in [7, 11) is 0. The molecule has 0 aromatic carbocycles. The molecule has 2 amide bonds. The minimum atomic E-state index is -0.112. The van der Waals surface area contributed by atoms with Crippen molar-refractivity contribution in [2.24, 2.45) is 0 Å². The van der Waals surface area contributed by atoms with Crippen LogP contribution in [-0.4, -0.2) is 57.6 Å². The maximum Gasteiger partial charge on any atom is 0.259 e. The summed E-state index contributed by atoms with van der Waals surface area (Å²) in [6.07, 6.45) is 0. The van der Waals surface area contributed by atoms with Crippen molar-refractivity contribution in [1.29, 1.82) is 0 Å². The third kappa shape index (κ3) is 2.92. The van der Waals surface area contributed by atoms with E-state index in [0.717, 1.165) is 0 Å². The van der Waals surface area contributed by atoms with Gasteiger partial charge < -0.3 is 18.8 Å². The number of aryl methyl sites for hydroxylation is 4. The van der Waals surface area contributed by atoms with E-state index in [-0.39, 0.29) is 17.9 Å². The molecule has 0 unspecified atom stereocenters. The van der Waals surface area contributed by atoms with Crippen LogP contribution in [0.4, 0.5) is 0 Å². The van der Waals surface area contributed by atoms with Gasteiger partial charge in [-0.3, -0.25) is 9.59 Å². The van der Waals surface area contributed by atoms with Gasteiger partial charge in [0.15, 0.2) is 0 Å². The summed E-state index contributed by atoms with van der Waals surface area (Å²) in [6, 6.07) is -0.112. The molecule has 0 N–H and O–H groups in total. The monoisotopic (exact) mass is 346 g/mol. The summed E-state index contributed by atoms with van der Waals surface area (Å²) in [5.74, 6) is 0.828. The van der Waals surface area contributed by atoms with Gasteiger partial charge in [0.2, 0.25) is 0 Å². The van der Waals surface area contributed by atoms with Crippen molar-refractivity contribution in [2.75, 3.05) is 19.6 Å². The van der Waals surface area contributed by atoms with E-state index in [2.05, 4.69) is 10.3 Å². The Morgan fingerprint density at radius 2 is 1.44 bits per heavy atom. The minimum Gasteiger partial charge on any atom is -0.361 e. The van der Waals surface area contributed by atoms with Crippen molar-refractivity contribution in [2.45, 2.75) is 40.7 Å². The highest BCUT2D eigenvalue weighted by molar-refractivity contribution is 5.98. The van der Waals surface area contributed by atoms with E-state index in [1.54, 1.807) is 37.5 Å². The largest absolute Gasteiger partial charge is 0.361 e. The molecule has 0 aliphatic carbocycles. The number of hydrogen-bond acceptors (Lipinski definition) is 6. The molecule has 1 atom stereocenters. The molecular weight excluding hydrogens is 324 g/mol. The van der Waals surface area contributed by atoms with Crippen LogP contribution in [-0.2, 0) is 0 Å². The van der Waals surface area contributed by atoms with E-state index in [0.29, 0.717) is 53.7 Å². The lowest BCUT2D eigenvalue weighted by Gasteiger charge is -2.39. The number of amides is 2. The van der Waals surface area contributed by atoms with Crippen molar-refractivity contribution in [3.8, 4) is 0 Å². The maximum atomic E-state index is 12.8. The summed E-state index contributed by atoms with van der Waals surface area (Å²) >= 11 is 0. The molecule has 8 nitrogen and oxygen atoms in total. The van der Waals surface area contributed by atoms with Gasteiger partial charge in [-0.2, -0.15) is 0 Å². The quantitative estimate of drug-likeness (QED) is 0.824. The summed E-state index contributed by atoms with van der Waals surface area (Å²) in [5, 5.41) is 7.69. The summed E-state index contributed by atoms with van der Waals surface area (Å²) < 4.78 is 10.2. The summed E-state index contributed by atoms with van der Waals surface area (Å²) in [5.41, 5.74) is 2.20. The topological polar surface area (TPSA) is 92.7 Å². The molecule has 3 heterocycles. The number of piperazine rings is 1. The molecule has 0 radical (unpaired) electrons. The third-order valence-electron chi connectivity index (χ3n) is 4.67. The Bertz CT molecular complexity index is 784. The molecule has 0 saturated carbocycles. The molecule has 0 spiro atoms. The highest BCUT2D eigenvalue weighted by atomic mass is 16.5. The molecule has 8 heteroatoms. The number of nitrogens with zero attached hydrogens (tertiary/aromatic N) is 4. The highest BCUT2D eigenvalue weighted by Crippen LogP contribution is 2.21. The second kappa shape index (κ2) is 6.34. The lowest BCUT2D eigenvalue weighted by molar-refractivity contribution is 0.0411. The van der Waals surface area contributed by atoms with E-state index in [1.807, 2.05) is 6.92 Å². The minimum absolute atomic E-state index is 0.104. The fourth-order valence-electron chi connectivity index (χ4n) is 3.32. The molecule has 2 aromatic rings. The maximum absolute atomic E-state index is 12.8. The van der Waals surface area contributed by atoms with Crippen molar-refractivity contribution in [3.05, 3.63) is 34.0 Å². The first kappa shape index (κ1) is 17.2. The Morgan fingerprint density at radius 1 is 0.920 bits per heavy atom. The van der Waals surface area contributed by atoms with Gasteiger partial charge in [-0.25, -0.2) is 0 Å². The Morgan fingerprint density at radius 3 is 1.88 bits per heavy atom. The highest BCUT2D eigenvalue weighted by Gasteiger charge is 2.34. The molecule has 134 valence electrons. The number of rotatable bonds is 2. The average molecular weight is 346 g/mol. The second-order valence-corrected chi connectivity index (χ2v) is 6.50. The van der Waals surface area contributed by atoms with Gasteiger partial charge >= 0.3 is 0 Å². The molecular formula is C17H22N4O4. The Balaban J connectivity index is 1.75. The lowest BCUT2D eigenvalue weighted by atomic mass is 10.1. The number of hydrogen-bond donors (Lipinski definition) is 0. The van der Waals surface area contributed by atoms with Crippen LogP contribution in [0.25, 0.3) is 0 Å². The second-order valence-electron chi connectivity index (χ2n) is 6.50. The van der Waals surface area contributed by atoms with Crippen LogP contribution in [0.15, 0.2) is 9.05 Å². The number of carbonyl (C=O) groups is 2. The fourth-order valence-corrected chi connectivity index (χ4v) is 3.32. The van der Waals surface area contributed by atoms with Gasteiger partial charge in [-0.1, -0.05) is 10.3 Å². The summed E-state index contributed by atoms with van der Waals surface area (Å²) in [4.78, 5) is 29.1. The molecule has 2 aromatic heterocycles. The van der Waals surface area contributed by atoms with Crippen LogP contribution in [0.1, 0.15) is 50.5 Å². The zero-order valence-electron chi connectivity index (χ0n) is 15.1. The molecule has 0 bridgehead atoms. The Hall–Kier alpha value is -2.64. The predicted molar refractivity (Wildman–Crippen MR) is 88.4 cm³/mol. The van der Waals surface area contributed by atoms with Gasteiger partial charge in [-0.15, -0.1) is 0 Å². The molecule has 1 saturated heterocycles. The Kier molecular flexibility index (Phi) is 4.36. The normalized spacial score (nSPS) is 17.9. The zero-order chi connectivity index (χ0) is 18.3. The van der Waals surface area contributed by atoms with Crippen molar-refractivity contribution in [3.63, 3.8) is 0 Å². The molecule has 1 fully saturated rings. The van der Waals surface area contributed by atoms with Gasteiger partial charge in [0.05, 0.1) is 11.4 Å². The Labute approximate surface area is 145 Å². The summed E-state index contributed by atoms with van der Waals surface area (Å²) in [6.45, 7) is 10.3. The molecule has 1 aliphatic heterocycles. The number of carbonyl (C=O) groups excluding carboxylic acids is 2. The smallest absolute Gasteiger partial charge is 0.259 e. The van der Waals surface area contributed by atoms with E-state index in [9.17, 15) is 9.59 Å². The average Bonchev–Trinajstić information content (AvgIpc) is 3.08. The van der Waals surface area contributed by atoms with E-state index in [4.69, 9.17) is 9.05 Å².